The molecular formula is C7H15N3. The highest BCUT2D eigenvalue weighted by Gasteiger charge is 2.22. The molecule has 0 amide bonds. The summed E-state index contributed by atoms with van der Waals surface area (Å²) in [5.41, 5.74) is 5.56. The number of amidine groups is 1. The molecule has 0 bridgehead atoms. The van der Waals surface area contributed by atoms with Crippen LogP contribution in [-0.2, 0) is 0 Å². The number of nitrogens with two attached hydrogens (primary N) is 1. The van der Waals surface area contributed by atoms with Crippen LogP contribution in [0.5, 0.6) is 0 Å². The lowest BCUT2D eigenvalue weighted by molar-refractivity contribution is 0.195. The predicted octanol–water partition coefficient (Wildman–Crippen LogP) is 0.761. The highest BCUT2D eigenvalue weighted by atomic mass is 15.5. The van der Waals surface area contributed by atoms with Gasteiger partial charge in [0.05, 0.1) is 6.04 Å². The molecule has 0 saturated carbocycles. The molecule has 1 heterocycles. The Morgan fingerprint density at radius 3 is 2.50 bits per heavy atom. The van der Waals surface area contributed by atoms with Crippen molar-refractivity contribution in [1.82, 2.24) is 5.01 Å². The Morgan fingerprint density at radius 2 is 2.30 bits per heavy atom. The molecule has 0 aromatic heterocycles. The third kappa shape index (κ3) is 1.23. The minimum absolute atomic E-state index is 0.469. The number of hydrogen-bond acceptors (Lipinski definition) is 3. The standard InChI is InChI=1S/C7H15N3/c1-5(2)10-6(3)4-7(8)9-10/h5-6H,4H2,1-3H3,(H2,8,9). The summed E-state index contributed by atoms with van der Waals surface area (Å²) in [4.78, 5) is 0. The molecular weight excluding hydrogens is 126 g/mol. The van der Waals surface area contributed by atoms with Crippen LogP contribution in [-0.4, -0.2) is 22.9 Å². The van der Waals surface area contributed by atoms with E-state index >= 15 is 0 Å². The summed E-state index contributed by atoms with van der Waals surface area (Å²) < 4.78 is 0. The summed E-state index contributed by atoms with van der Waals surface area (Å²) in [6.45, 7) is 6.39. The molecule has 0 fully saturated rings. The fourth-order valence-electron chi connectivity index (χ4n) is 1.31. The summed E-state index contributed by atoms with van der Waals surface area (Å²) in [6.07, 6.45) is 0.915. The Labute approximate surface area is 61.9 Å². The van der Waals surface area contributed by atoms with Gasteiger partial charge >= 0.3 is 0 Å². The maximum absolute atomic E-state index is 5.56. The number of hydrazone groups is 1. The van der Waals surface area contributed by atoms with Crippen LogP contribution in [0, 0.1) is 0 Å². The largest absolute Gasteiger partial charge is 0.386 e. The monoisotopic (exact) mass is 141 g/mol. The molecule has 10 heavy (non-hydrogen) atoms. The summed E-state index contributed by atoms with van der Waals surface area (Å²) in [7, 11) is 0. The van der Waals surface area contributed by atoms with E-state index in [0.717, 1.165) is 12.3 Å². The minimum Gasteiger partial charge on any atom is -0.386 e. The topological polar surface area (TPSA) is 41.6 Å². The molecule has 3 heteroatoms. The third-order valence-corrected chi connectivity index (χ3v) is 1.73. The highest BCUT2D eigenvalue weighted by molar-refractivity contribution is 5.81. The second-order valence-corrected chi connectivity index (χ2v) is 3.12. The fraction of sp³-hybridized carbons (Fsp3) is 0.857. The van der Waals surface area contributed by atoms with Gasteiger partial charge in [-0.15, -0.1) is 0 Å². The molecule has 3 nitrogen and oxygen atoms in total. The van der Waals surface area contributed by atoms with Crippen molar-refractivity contribution < 1.29 is 0 Å². The first-order valence-electron chi connectivity index (χ1n) is 3.72. The quantitative estimate of drug-likeness (QED) is 0.585. The van der Waals surface area contributed by atoms with Gasteiger partial charge in [0.25, 0.3) is 0 Å². The first kappa shape index (κ1) is 7.38. The molecule has 0 spiro atoms. The Morgan fingerprint density at radius 1 is 1.70 bits per heavy atom. The summed E-state index contributed by atoms with van der Waals surface area (Å²) >= 11 is 0. The first-order valence-corrected chi connectivity index (χ1v) is 3.72. The van der Waals surface area contributed by atoms with Crippen molar-refractivity contribution in [3.63, 3.8) is 0 Å². The molecule has 1 unspecified atom stereocenters. The first-order chi connectivity index (χ1) is 4.61. The summed E-state index contributed by atoms with van der Waals surface area (Å²) in [6, 6.07) is 0.955. The molecule has 1 aliphatic rings. The second kappa shape index (κ2) is 2.48. The van der Waals surface area contributed by atoms with Gasteiger partial charge in [0.1, 0.15) is 5.84 Å². The average molecular weight is 141 g/mol. The minimum atomic E-state index is 0.469. The van der Waals surface area contributed by atoms with Gasteiger partial charge in [0.2, 0.25) is 0 Å². The van der Waals surface area contributed by atoms with Gasteiger partial charge in [-0.3, -0.25) is 5.01 Å². The SMILES string of the molecule is CC(C)N1N=C(N)CC1C. The van der Waals surface area contributed by atoms with Gasteiger partial charge in [-0.2, -0.15) is 5.10 Å². The number of hydrogen-bond donors (Lipinski definition) is 1. The molecule has 1 atom stereocenters. The Hall–Kier alpha value is -0.730. The lowest BCUT2D eigenvalue weighted by atomic mass is 10.2. The van der Waals surface area contributed by atoms with E-state index in [1.54, 1.807) is 0 Å². The van der Waals surface area contributed by atoms with Gasteiger partial charge in [-0.25, -0.2) is 0 Å². The van der Waals surface area contributed by atoms with Crippen molar-refractivity contribution in [2.75, 3.05) is 0 Å². The smallest absolute Gasteiger partial charge is 0.121 e. The van der Waals surface area contributed by atoms with Gasteiger partial charge in [0, 0.05) is 12.5 Å². The lowest BCUT2D eigenvalue weighted by Gasteiger charge is -2.23. The van der Waals surface area contributed by atoms with E-state index in [0.29, 0.717) is 12.1 Å². The van der Waals surface area contributed by atoms with Crippen molar-refractivity contribution in [1.29, 1.82) is 0 Å². The van der Waals surface area contributed by atoms with Crippen LogP contribution in [0.4, 0.5) is 0 Å². The van der Waals surface area contributed by atoms with Crippen molar-refractivity contribution in [3.05, 3.63) is 0 Å². The van der Waals surface area contributed by atoms with Crippen LogP contribution >= 0.6 is 0 Å². The van der Waals surface area contributed by atoms with Gasteiger partial charge in [-0.1, -0.05) is 0 Å². The summed E-state index contributed by atoms with van der Waals surface area (Å²) in [5, 5.41) is 6.25. The molecule has 0 aliphatic carbocycles. The van der Waals surface area contributed by atoms with Crippen molar-refractivity contribution in [2.45, 2.75) is 39.3 Å². The zero-order chi connectivity index (χ0) is 7.72. The molecule has 58 valence electrons. The van der Waals surface area contributed by atoms with Crippen LogP contribution < -0.4 is 5.73 Å². The molecule has 1 aliphatic heterocycles. The molecule has 0 aromatic carbocycles. The highest BCUT2D eigenvalue weighted by Crippen LogP contribution is 2.15. The van der Waals surface area contributed by atoms with Crippen LogP contribution in [0.25, 0.3) is 0 Å². The van der Waals surface area contributed by atoms with Crippen molar-refractivity contribution in [2.24, 2.45) is 10.8 Å². The predicted molar refractivity (Wildman–Crippen MR) is 42.7 cm³/mol. The Balaban J connectivity index is 2.60. The molecule has 2 N–H and O–H groups in total. The molecule has 0 aromatic rings. The zero-order valence-corrected chi connectivity index (χ0v) is 6.83. The lowest BCUT2D eigenvalue weighted by Crippen LogP contribution is -2.30. The number of rotatable bonds is 1. The van der Waals surface area contributed by atoms with E-state index in [2.05, 4.69) is 30.9 Å². The number of nitrogens with zero attached hydrogens (tertiary/aromatic N) is 2. The van der Waals surface area contributed by atoms with E-state index < -0.39 is 0 Å². The van der Waals surface area contributed by atoms with E-state index in [1.807, 2.05) is 0 Å². The van der Waals surface area contributed by atoms with Crippen molar-refractivity contribution in [3.8, 4) is 0 Å². The van der Waals surface area contributed by atoms with E-state index in [9.17, 15) is 0 Å². The molecule has 1 rings (SSSR count). The average Bonchev–Trinajstić information content (AvgIpc) is 2.10. The van der Waals surface area contributed by atoms with Crippen LogP contribution in [0.2, 0.25) is 0 Å². The third-order valence-electron chi connectivity index (χ3n) is 1.73. The van der Waals surface area contributed by atoms with Gasteiger partial charge in [0.15, 0.2) is 0 Å². The normalized spacial score (nSPS) is 25.8. The van der Waals surface area contributed by atoms with Crippen LogP contribution in [0.15, 0.2) is 5.10 Å². The Bertz CT molecular complexity index is 151. The molecule has 0 radical (unpaired) electrons. The fourth-order valence-corrected chi connectivity index (χ4v) is 1.31. The summed E-state index contributed by atoms with van der Waals surface area (Å²) in [5.74, 6) is 0.765. The maximum Gasteiger partial charge on any atom is 0.121 e. The second-order valence-electron chi connectivity index (χ2n) is 3.12. The van der Waals surface area contributed by atoms with Crippen LogP contribution in [0.1, 0.15) is 27.2 Å². The van der Waals surface area contributed by atoms with Crippen LogP contribution in [0.3, 0.4) is 0 Å². The van der Waals surface area contributed by atoms with Crippen molar-refractivity contribution >= 4 is 5.84 Å². The van der Waals surface area contributed by atoms with E-state index in [4.69, 9.17) is 5.73 Å². The van der Waals surface area contributed by atoms with E-state index in [-0.39, 0.29) is 0 Å². The van der Waals surface area contributed by atoms with E-state index in [1.165, 1.54) is 0 Å². The maximum atomic E-state index is 5.56. The van der Waals surface area contributed by atoms with Gasteiger partial charge in [-0.05, 0) is 20.8 Å². The van der Waals surface area contributed by atoms with Gasteiger partial charge < -0.3 is 5.73 Å². The molecule has 0 saturated heterocycles. The zero-order valence-electron chi connectivity index (χ0n) is 6.83. The Kier molecular flexibility index (Phi) is 1.83.